The summed E-state index contributed by atoms with van der Waals surface area (Å²) in [5.74, 6) is 0.197. The maximum atomic E-state index is 12.0. The van der Waals surface area contributed by atoms with Gasteiger partial charge in [0.15, 0.2) is 5.78 Å². The second kappa shape index (κ2) is 5.94. The van der Waals surface area contributed by atoms with E-state index in [1.165, 1.54) is 0 Å². The number of rotatable bonds is 4. The average molecular weight is 233 g/mol. The largest absolute Gasteiger partial charge is 0.380 e. The summed E-state index contributed by atoms with van der Waals surface area (Å²) in [7, 11) is 1.74. The first-order valence-electron chi connectivity index (χ1n) is 6.13. The van der Waals surface area contributed by atoms with Gasteiger partial charge < -0.3 is 4.74 Å². The molecule has 1 atom stereocenters. The Morgan fingerprint density at radius 2 is 2.18 bits per heavy atom. The number of ether oxygens (including phenoxy) is 1. The van der Waals surface area contributed by atoms with E-state index in [0.29, 0.717) is 6.54 Å². The van der Waals surface area contributed by atoms with Gasteiger partial charge in [0.2, 0.25) is 0 Å². The molecule has 1 aromatic carbocycles. The lowest BCUT2D eigenvalue weighted by molar-refractivity contribution is 0.0314. The van der Waals surface area contributed by atoms with Crippen LogP contribution in [-0.4, -0.2) is 43.5 Å². The molecule has 0 aliphatic carbocycles. The van der Waals surface area contributed by atoms with E-state index < -0.39 is 0 Å². The second-order valence-electron chi connectivity index (χ2n) is 4.52. The molecule has 1 aliphatic heterocycles. The lowest BCUT2D eigenvalue weighted by Crippen LogP contribution is -2.41. The molecule has 0 spiro atoms. The Hall–Kier alpha value is -1.19. The van der Waals surface area contributed by atoms with E-state index in [-0.39, 0.29) is 11.9 Å². The molecule has 2 rings (SSSR count). The Morgan fingerprint density at radius 1 is 1.41 bits per heavy atom. The zero-order valence-corrected chi connectivity index (χ0v) is 10.3. The molecule has 0 aromatic heterocycles. The summed E-state index contributed by atoms with van der Waals surface area (Å²) in [6, 6.07) is 9.49. The highest BCUT2D eigenvalue weighted by Crippen LogP contribution is 2.13. The Morgan fingerprint density at radius 3 is 2.88 bits per heavy atom. The topological polar surface area (TPSA) is 29.5 Å². The van der Waals surface area contributed by atoms with Crippen molar-refractivity contribution in [2.75, 3.05) is 26.7 Å². The van der Waals surface area contributed by atoms with E-state index in [2.05, 4.69) is 4.90 Å². The number of piperidine rings is 1. The number of ketones is 1. The molecule has 1 heterocycles. The van der Waals surface area contributed by atoms with Crippen molar-refractivity contribution in [2.24, 2.45) is 0 Å². The molecule has 0 saturated carbocycles. The van der Waals surface area contributed by atoms with Crippen molar-refractivity contribution in [3.05, 3.63) is 35.9 Å². The predicted molar refractivity (Wildman–Crippen MR) is 67.2 cm³/mol. The van der Waals surface area contributed by atoms with Gasteiger partial charge in [0.1, 0.15) is 0 Å². The minimum atomic E-state index is 0.197. The lowest BCUT2D eigenvalue weighted by Gasteiger charge is -2.31. The van der Waals surface area contributed by atoms with E-state index in [1.54, 1.807) is 7.11 Å². The molecule has 1 fully saturated rings. The minimum absolute atomic E-state index is 0.197. The van der Waals surface area contributed by atoms with Crippen LogP contribution < -0.4 is 0 Å². The Bertz CT molecular complexity index is 364. The minimum Gasteiger partial charge on any atom is -0.380 e. The van der Waals surface area contributed by atoms with Gasteiger partial charge in [-0.3, -0.25) is 9.69 Å². The van der Waals surface area contributed by atoms with E-state index >= 15 is 0 Å². The summed E-state index contributed by atoms with van der Waals surface area (Å²) < 4.78 is 5.36. The molecule has 0 amide bonds. The highest BCUT2D eigenvalue weighted by molar-refractivity contribution is 5.97. The van der Waals surface area contributed by atoms with Crippen molar-refractivity contribution in [2.45, 2.75) is 18.9 Å². The van der Waals surface area contributed by atoms with Gasteiger partial charge in [0.05, 0.1) is 12.6 Å². The van der Waals surface area contributed by atoms with Crippen LogP contribution in [0.5, 0.6) is 0 Å². The van der Waals surface area contributed by atoms with Crippen molar-refractivity contribution in [1.82, 2.24) is 4.90 Å². The van der Waals surface area contributed by atoms with Crippen molar-refractivity contribution < 1.29 is 9.53 Å². The number of carbonyl (C=O) groups is 1. The third-order valence-electron chi connectivity index (χ3n) is 3.26. The summed E-state index contributed by atoms with van der Waals surface area (Å²) in [5, 5.41) is 0. The smallest absolute Gasteiger partial charge is 0.176 e. The van der Waals surface area contributed by atoms with E-state index in [1.807, 2.05) is 30.3 Å². The van der Waals surface area contributed by atoms with Crippen molar-refractivity contribution in [3.63, 3.8) is 0 Å². The highest BCUT2D eigenvalue weighted by Gasteiger charge is 2.21. The van der Waals surface area contributed by atoms with Crippen molar-refractivity contribution >= 4 is 5.78 Å². The molecule has 3 nitrogen and oxygen atoms in total. The Balaban J connectivity index is 1.90. The van der Waals surface area contributed by atoms with Crippen LogP contribution in [0.1, 0.15) is 23.2 Å². The van der Waals surface area contributed by atoms with Gasteiger partial charge in [0, 0.05) is 19.2 Å². The number of carbonyl (C=O) groups excluding carboxylic acids is 1. The van der Waals surface area contributed by atoms with Crippen molar-refractivity contribution in [1.29, 1.82) is 0 Å². The van der Waals surface area contributed by atoms with Gasteiger partial charge in [0.25, 0.3) is 0 Å². The summed E-state index contributed by atoms with van der Waals surface area (Å²) in [6.07, 6.45) is 2.50. The number of hydrogen-bond donors (Lipinski definition) is 0. The van der Waals surface area contributed by atoms with Crippen LogP contribution in [0.2, 0.25) is 0 Å². The van der Waals surface area contributed by atoms with Gasteiger partial charge in [-0.25, -0.2) is 0 Å². The summed E-state index contributed by atoms with van der Waals surface area (Å²) in [5.41, 5.74) is 0.798. The van der Waals surface area contributed by atoms with Gasteiger partial charge in [-0.15, -0.1) is 0 Å². The molecule has 3 heteroatoms. The quantitative estimate of drug-likeness (QED) is 0.745. The normalized spacial score (nSPS) is 21.4. The lowest BCUT2D eigenvalue weighted by atomic mass is 10.1. The van der Waals surface area contributed by atoms with Crippen LogP contribution >= 0.6 is 0 Å². The monoisotopic (exact) mass is 233 g/mol. The average Bonchev–Trinajstić information content (AvgIpc) is 2.40. The molecule has 0 bridgehead atoms. The molecule has 1 aliphatic rings. The molecule has 17 heavy (non-hydrogen) atoms. The van der Waals surface area contributed by atoms with Crippen LogP contribution in [0.25, 0.3) is 0 Å². The van der Waals surface area contributed by atoms with Gasteiger partial charge >= 0.3 is 0 Å². The fourth-order valence-electron chi connectivity index (χ4n) is 2.27. The number of likely N-dealkylation sites (tertiary alicyclic amines) is 1. The first-order valence-corrected chi connectivity index (χ1v) is 6.13. The van der Waals surface area contributed by atoms with Gasteiger partial charge in [-0.05, 0) is 19.4 Å². The summed E-state index contributed by atoms with van der Waals surface area (Å²) in [4.78, 5) is 14.2. The molecular formula is C14H19NO2. The number of hydrogen-bond acceptors (Lipinski definition) is 3. The van der Waals surface area contributed by atoms with Crippen LogP contribution in [0.15, 0.2) is 30.3 Å². The SMILES string of the molecule is COC1CCCN(CC(=O)c2ccccc2)C1. The molecule has 0 N–H and O–H groups in total. The van der Waals surface area contributed by atoms with E-state index in [9.17, 15) is 4.79 Å². The van der Waals surface area contributed by atoms with E-state index in [0.717, 1.165) is 31.5 Å². The second-order valence-corrected chi connectivity index (χ2v) is 4.52. The number of methoxy groups -OCH3 is 1. The fraction of sp³-hybridized carbons (Fsp3) is 0.500. The highest BCUT2D eigenvalue weighted by atomic mass is 16.5. The Labute approximate surface area is 102 Å². The predicted octanol–water partition coefficient (Wildman–Crippen LogP) is 1.98. The summed E-state index contributed by atoms with van der Waals surface area (Å²) in [6.45, 7) is 2.37. The summed E-state index contributed by atoms with van der Waals surface area (Å²) >= 11 is 0. The number of nitrogens with zero attached hydrogens (tertiary/aromatic N) is 1. The van der Waals surface area contributed by atoms with Gasteiger partial charge in [-0.2, -0.15) is 0 Å². The van der Waals surface area contributed by atoms with E-state index in [4.69, 9.17) is 4.74 Å². The zero-order chi connectivity index (χ0) is 12.1. The molecule has 92 valence electrons. The van der Waals surface area contributed by atoms with Crippen LogP contribution in [0.3, 0.4) is 0 Å². The standard InChI is InChI=1S/C14H19NO2/c1-17-13-8-5-9-15(10-13)11-14(16)12-6-3-2-4-7-12/h2-4,6-7,13H,5,8-11H2,1H3. The first kappa shape index (κ1) is 12.3. The third kappa shape index (κ3) is 3.38. The van der Waals surface area contributed by atoms with Crippen molar-refractivity contribution in [3.8, 4) is 0 Å². The first-order chi connectivity index (χ1) is 8.29. The molecule has 0 radical (unpaired) electrons. The molecule has 1 saturated heterocycles. The maximum Gasteiger partial charge on any atom is 0.176 e. The number of benzene rings is 1. The Kier molecular flexibility index (Phi) is 4.29. The van der Waals surface area contributed by atoms with Gasteiger partial charge in [-0.1, -0.05) is 30.3 Å². The van der Waals surface area contributed by atoms with Crippen LogP contribution in [0, 0.1) is 0 Å². The third-order valence-corrected chi connectivity index (χ3v) is 3.26. The molecule has 1 unspecified atom stereocenters. The molecular weight excluding hydrogens is 214 g/mol. The maximum absolute atomic E-state index is 12.0. The fourth-order valence-corrected chi connectivity index (χ4v) is 2.27. The zero-order valence-electron chi connectivity index (χ0n) is 10.3. The van der Waals surface area contributed by atoms with Crippen LogP contribution in [0.4, 0.5) is 0 Å². The molecule has 1 aromatic rings. The number of Topliss-reactive ketones (excluding diaryl/α,β-unsaturated/α-hetero) is 1. The van der Waals surface area contributed by atoms with Crippen LogP contribution in [-0.2, 0) is 4.74 Å².